The molecular weight excluding hydrogens is 355 g/mol. The lowest BCUT2D eigenvalue weighted by atomic mass is 9.95. The van der Waals surface area contributed by atoms with Crippen LogP contribution in [0, 0.1) is 0 Å². The van der Waals surface area contributed by atoms with Crippen LogP contribution in [0.3, 0.4) is 0 Å². The summed E-state index contributed by atoms with van der Waals surface area (Å²) in [5, 5.41) is 6.98. The number of carbonyl (C=O) groups is 1. The average molecular weight is 372 g/mol. The number of nitrogens with one attached hydrogen (secondary N) is 1. The minimum absolute atomic E-state index is 0.216. The molecule has 1 N–H and O–H groups in total. The predicted molar refractivity (Wildman–Crippen MR) is 87.2 cm³/mol. The maximum atomic E-state index is 13.1. The van der Waals surface area contributed by atoms with Gasteiger partial charge in [0.25, 0.3) is 0 Å². The molecule has 1 aliphatic carbocycles. The van der Waals surface area contributed by atoms with Crippen LogP contribution in [0.1, 0.15) is 35.4 Å². The normalized spacial score (nSPS) is 14.2. The predicted octanol–water partition coefficient (Wildman–Crippen LogP) is 3.75. The second kappa shape index (κ2) is 7.07. The van der Waals surface area contributed by atoms with Crippen LogP contribution in [-0.2, 0) is 36.9 Å². The van der Waals surface area contributed by atoms with E-state index in [1.807, 2.05) is 0 Å². The fourth-order valence-electron chi connectivity index (χ4n) is 3.02. The summed E-state index contributed by atoms with van der Waals surface area (Å²) >= 11 is 5.80. The van der Waals surface area contributed by atoms with E-state index in [4.69, 9.17) is 11.6 Å². The highest BCUT2D eigenvalue weighted by Gasteiger charge is 2.39. The van der Waals surface area contributed by atoms with Crippen LogP contribution in [0.5, 0.6) is 0 Å². The van der Waals surface area contributed by atoms with Crippen molar-refractivity contribution in [3.63, 3.8) is 0 Å². The topological polar surface area (TPSA) is 46.9 Å². The number of benzene rings is 1. The Bertz CT molecular complexity index is 769. The third kappa shape index (κ3) is 4.15. The van der Waals surface area contributed by atoms with Crippen molar-refractivity contribution in [3.05, 3.63) is 51.8 Å². The summed E-state index contributed by atoms with van der Waals surface area (Å²) in [5.74, 6) is -0.375. The largest absolute Gasteiger partial charge is 0.435 e. The van der Waals surface area contributed by atoms with Gasteiger partial charge in [0.05, 0.1) is 0 Å². The Labute approximate surface area is 148 Å². The summed E-state index contributed by atoms with van der Waals surface area (Å²) in [6.07, 6.45) is -2.10. The fraction of sp³-hybridized carbons (Fsp3) is 0.412. The van der Waals surface area contributed by atoms with Crippen LogP contribution in [0.4, 0.5) is 13.2 Å². The number of halogens is 4. The van der Waals surface area contributed by atoms with E-state index in [1.165, 1.54) is 4.68 Å². The summed E-state index contributed by atoms with van der Waals surface area (Å²) in [6, 6.07) is 6.98. The first kappa shape index (κ1) is 17.8. The molecule has 2 aromatic rings. The van der Waals surface area contributed by atoms with Gasteiger partial charge in [0.1, 0.15) is 6.54 Å². The molecule has 0 unspecified atom stereocenters. The van der Waals surface area contributed by atoms with Gasteiger partial charge in [0.15, 0.2) is 5.69 Å². The Kier molecular flexibility index (Phi) is 5.03. The molecule has 0 bridgehead atoms. The second-order valence-electron chi connectivity index (χ2n) is 6.04. The molecule has 1 aromatic heterocycles. The Balaban J connectivity index is 1.70. The first-order valence-corrected chi connectivity index (χ1v) is 8.39. The molecule has 0 radical (unpaired) electrons. The Morgan fingerprint density at radius 1 is 1.20 bits per heavy atom. The summed E-state index contributed by atoms with van der Waals surface area (Å²) in [6.45, 7) is 0.0671. The average Bonchev–Trinajstić information content (AvgIpc) is 2.93. The fourth-order valence-corrected chi connectivity index (χ4v) is 3.15. The number of rotatable bonds is 4. The van der Waals surface area contributed by atoms with E-state index < -0.39 is 11.9 Å². The Morgan fingerprint density at radius 3 is 2.56 bits per heavy atom. The van der Waals surface area contributed by atoms with Gasteiger partial charge in [-0.2, -0.15) is 18.3 Å². The van der Waals surface area contributed by atoms with Crippen molar-refractivity contribution in [1.82, 2.24) is 15.1 Å². The van der Waals surface area contributed by atoms with Crippen LogP contribution >= 0.6 is 11.6 Å². The summed E-state index contributed by atoms with van der Waals surface area (Å²) < 4.78 is 40.6. The van der Waals surface area contributed by atoms with Crippen molar-refractivity contribution in [2.24, 2.45) is 0 Å². The molecule has 3 rings (SSSR count). The molecule has 134 valence electrons. The van der Waals surface area contributed by atoms with Crippen LogP contribution in [0.15, 0.2) is 24.3 Å². The van der Waals surface area contributed by atoms with E-state index in [-0.39, 0.29) is 24.6 Å². The SMILES string of the molecule is O=C(Cn1nc(C(F)(F)F)c2c1CCCC2)NCc1ccc(Cl)cc1. The number of carbonyl (C=O) groups excluding carboxylic acids is 1. The zero-order valence-corrected chi connectivity index (χ0v) is 14.1. The van der Waals surface area contributed by atoms with Gasteiger partial charge in [-0.25, -0.2) is 0 Å². The van der Waals surface area contributed by atoms with E-state index >= 15 is 0 Å². The molecule has 0 saturated carbocycles. The Morgan fingerprint density at radius 2 is 1.88 bits per heavy atom. The minimum atomic E-state index is -4.49. The van der Waals surface area contributed by atoms with Gasteiger partial charge in [-0.3, -0.25) is 9.48 Å². The minimum Gasteiger partial charge on any atom is -0.350 e. The van der Waals surface area contributed by atoms with Gasteiger partial charge in [-0.05, 0) is 43.4 Å². The number of amides is 1. The van der Waals surface area contributed by atoms with Crippen molar-refractivity contribution >= 4 is 17.5 Å². The molecule has 0 atom stereocenters. The maximum absolute atomic E-state index is 13.1. The number of hydrogen-bond acceptors (Lipinski definition) is 2. The monoisotopic (exact) mass is 371 g/mol. The molecule has 0 saturated heterocycles. The highest BCUT2D eigenvalue weighted by molar-refractivity contribution is 6.30. The molecule has 1 heterocycles. The van der Waals surface area contributed by atoms with Crippen LogP contribution < -0.4 is 5.32 Å². The lowest BCUT2D eigenvalue weighted by molar-refractivity contribution is -0.142. The maximum Gasteiger partial charge on any atom is 0.435 e. The molecule has 8 heteroatoms. The number of alkyl halides is 3. The van der Waals surface area contributed by atoms with Crippen molar-refractivity contribution in [3.8, 4) is 0 Å². The van der Waals surface area contributed by atoms with Crippen LogP contribution in [0.2, 0.25) is 5.02 Å². The van der Waals surface area contributed by atoms with Gasteiger partial charge in [-0.15, -0.1) is 0 Å². The second-order valence-corrected chi connectivity index (χ2v) is 6.48. The highest BCUT2D eigenvalue weighted by atomic mass is 35.5. The van der Waals surface area contributed by atoms with Crippen molar-refractivity contribution in [1.29, 1.82) is 0 Å². The molecule has 1 aliphatic rings. The van der Waals surface area contributed by atoms with Crippen molar-refractivity contribution < 1.29 is 18.0 Å². The van der Waals surface area contributed by atoms with E-state index in [0.29, 0.717) is 30.0 Å². The van der Waals surface area contributed by atoms with E-state index in [2.05, 4.69) is 10.4 Å². The van der Waals surface area contributed by atoms with Gasteiger partial charge in [0, 0.05) is 22.8 Å². The Hall–Kier alpha value is -2.02. The smallest absolute Gasteiger partial charge is 0.350 e. The van der Waals surface area contributed by atoms with Gasteiger partial charge < -0.3 is 5.32 Å². The third-order valence-corrected chi connectivity index (χ3v) is 4.47. The molecule has 1 aromatic carbocycles. The van der Waals surface area contributed by atoms with Gasteiger partial charge in [0.2, 0.25) is 5.91 Å². The summed E-state index contributed by atoms with van der Waals surface area (Å²) in [7, 11) is 0. The standard InChI is InChI=1S/C17H17ClF3N3O/c18-12-7-5-11(6-8-12)9-22-15(25)10-24-14-4-2-1-3-13(14)16(23-24)17(19,20)21/h5-8H,1-4,9-10H2,(H,22,25). The van der Waals surface area contributed by atoms with Gasteiger partial charge >= 0.3 is 6.18 Å². The molecule has 4 nitrogen and oxygen atoms in total. The van der Waals surface area contributed by atoms with Crippen molar-refractivity contribution in [2.45, 2.75) is 44.9 Å². The molecule has 0 aliphatic heterocycles. The summed E-state index contributed by atoms with van der Waals surface area (Å²) in [5.41, 5.74) is 0.772. The van der Waals surface area contributed by atoms with Crippen LogP contribution in [0.25, 0.3) is 0 Å². The summed E-state index contributed by atoms with van der Waals surface area (Å²) in [4.78, 5) is 12.1. The number of hydrogen-bond donors (Lipinski definition) is 1. The number of nitrogens with zero attached hydrogens (tertiary/aromatic N) is 2. The van der Waals surface area contributed by atoms with Crippen molar-refractivity contribution in [2.75, 3.05) is 0 Å². The van der Waals surface area contributed by atoms with E-state index in [1.54, 1.807) is 24.3 Å². The quantitative estimate of drug-likeness (QED) is 0.889. The van der Waals surface area contributed by atoms with E-state index in [0.717, 1.165) is 12.0 Å². The molecule has 0 spiro atoms. The molecule has 0 fully saturated rings. The first-order chi connectivity index (χ1) is 11.8. The van der Waals surface area contributed by atoms with Crippen LogP contribution in [-0.4, -0.2) is 15.7 Å². The highest BCUT2D eigenvalue weighted by Crippen LogP contribution is 2.35. The van der Waals surface area contributed by atoms with E-state index in [9.17, 15) is 18.0 Å². The lowest BCUT2D eigenvalue weighted by Crippen LogP contribution is -2.28. The zero-order valence-electron chi connectivity index (χ0n) is 13.4. The number of aromatic nitrogens is 2. The third-order valence-electron chi connectivity index (χ3n) is 4.22. The number of fused-ring (bicyclic) bond motifs is 1. The first-order valence-electron chi connectivity index (χ1n) is 8.01. The zero-order chi connectivity index (χ0) is 18.0. The molecule has 1 amide bonds. The lowest BCUT2D eigenvalue weighted by Gasteiger charge is -2.14. The van der Waals surface area contributed by atoms with Gasteiger partial charge in [-0.1, -0.05) is 23.7 Å². The molecule has 25 heavy (non-hydrogen) atoms. The molecular formula is C17H17ClF3N3O.